The van der Waals surface area contributed by atoms with Gasteiger partial charge in [0.15, 0.2) is 0 Å². The largest absolute Gasteiger partial charge is 0.462 e. The lowest BCUT2D eigenvalue weighted by Crippen LogP contribution is -2.37. The molecule has 1 saturated carbocycles. The van der Waals surface area contributed by atoms with E-state index in [0.717, 1.165) is 17.8 Å². The Kier molecular flexibility index (Phi) is 4.03. The van der Waals surface area contributed by atoms with Crippen LogP contribution in [0.1, 0.15) is 44.0 Å². The summed E-state index contributed by atoms with van der Waals surface area (Å²) in [4.78, 5) is 16.8. The first kappa shape index (κ1) is 15.6. The van der Waals surface area contributed by atoms with Gasteiger partial charge in [-0.05, 0) is 63.2 Å². The number of aryl methyl sites for hydroxylation is 1. The summed E-state index contributed by atoms with van der Waals surface area (Å²) in [7, 11) is 0. The molecule has 3 aliphatic rings. The lowest BCUT2D eigenvalue weighted by atomic mass is 9.62. The molecule has 4 rings (SSSR count). The minimum Gasteiger partial charge on any atom is -0.462 e. The summed E-state index contributed by atoms with van der Waals surface area (Å²) in [5.41, 5.74) is 3.52. The van der Waals surface area contributed by atoms with E-state index in [1.165, 1.54) is 24.8 Å². The third-order valence-electron chi connectivity index (χ3n) is 5.94. The number of fused-ring (bicyclic) bond motifs is 2. The summed E-state index contributed by atoms with van der Waals surface area (Å²) in [5, 5.41) is 0. The smallest absolute Gasteiger partial charge is 0.313 e. The Labute approximate surface area is 143 Å². The predicted octanol–water partition coefficient (Wildman–Crippen LogP) is 4.33. The monoisotopic (exact) mass is 323 g/mol. The fourth-order valence-corrected chi connectivity index (χ4v) is 4.86. The zero-order chi connectivity index (χ0) is 16.7. The van der Waals surface area contributed by atoms with Gasteiger partial charge in [-0.25, -0.2) is 0 Å². The third-order valence-corrected chi connectivity index (χ3v) is 5.94. The molecule has 0 spiro atoms. The Hall–Kier alpha value is -1.90. The molecule has 1 saturated heterocycles. The molecule has 0 radical (unpaired) electrons. The average molecular weight is 323 g/mol. The fourth-order valence-electron chi connectivity index (χ4n) is 4.86. The van der Waals surface area contributed by atoms with Gasteiger partial charge >= 0.3 is 5.97 Å². The maximum absolute atomic E-state index is 12.3. The number of cyclic esters (lactones) is 1. The quantitative estimate of drug-likeness (QED) is 0.601. The second kappa shape index (κ2) is 6.19. The van der Waals surface area contributed by atoms with Crippen LogP contribution in [-0.4, -0.2) is 17.1 Å². The summed E-state index contributed by atoms with van der Waals surface area (Å²) >= 11 is 0. The number of carbonyl (C=O) groups is 1. The lowest BCUT2D eigenvalue weighted by molar-refractivity contribution is -0.142. The van der Waals surface area contributed by atoms with Crippen molar-refractivity contribution in [2.75, 3.05) is 0 Å². The van der Waals surface area contributed by atoms with Crippen molar-refractivity contribution in [3.8, 4) is 0 Å². The van der Waals surface area contributed by atoms with Crippen LogP contribution in [0.25, 0.3) is 6.08 Å². The molecule has 3 nitrogen and oxygen atoms in total. The zero-order valence-corrected chi connectivity index (χ0v) is 14.4. The van der Waals surface area contributed by atoms with E-state index < -0.39 is 0 Å². The summed E-state index contributed by atoms with van der Waals surface area (Å²) < 4.78 is 5.58. The van der Waals surface area contributed by atoms with Crippen LogP contribution < -0.4 is 0 Å². The highest BCUT2D eigenvalue weighted by Gasteiger charge is 2.50. The van der Waals surface area contributed by atoms with Crippen LogP contribution in [0, 0.1) is 30.6 Å². The molecule has 0 bridgehead atoms. The topological polar surface area (TPSA) is 39.2 Å². The van der Waals surface area contributed by atoms with Gasteiger partial charge in [-0.1, -0.05) is 30.2 Å². The van der Waals surface area contributed by atoms with Gasteiger partial charge < -0.3 is 4.74 Å². The van der Waals surface area contributed by atoms with E-state index in [0.29, 0.717) is 11.8 Å². The molecule has 2 fully saturated rings. The number of aromatic nitrogens is 1. The van der Waals surface area contributed by atoms with E-state index in [9.17, 15) is 4.79 Å². The number of esters is 1. The van der Waals surface area contributed by atoms with Gasteiger partial charge in [0.1, 0.15) is 6.10 Å². The Morgan fingerprint density at radius 1 is 1.29 bits per heavy atom. The standard InChI is InChI=1S/C21H25NO2/c1-13-6-5-8-16(22-13)10-11-18-17-9-4-3-7-15(17)12-19-20(18)14(2)24-21(19)23/h5-6,8,10-12,14,17-20H,3-4,7,9H2,1-2H3/t14-,17-,18?,19-,20+/m0/s1. The van der Waals surface area contributed by atoms with E-state index in [2.05, 4.69) is 30.1 Å². The van der Waals surface area contributed by atoms with E-state index in [1.807, 2.05) is 25.1 Å². The van der Waals surface area contributed by atoms with Crippen LogP contribution in [0.2, 0.25) is 0 Å². The molecule has 0 amide bonds. The first-order valence-electron chi connectivity index (χ1n) is 9.16. The maximum Gasteiger partial charge on any atom is 0.313 e. The Morgan fingerprint density at radius 3 is 3.00 bits per heavy atom. The van der Waals surface area contributed by atoms with Crippen molar-refractivity contribution in [2.24, 2.45) is 23.7 Å². The van der Waals surface area contributed by atoms with Gasteiger partial charge in [0, 0.05) is 11.6 Å². The summed E-state index contributed by atoms with van der Waals surface area (Å²) in [6.45, 7) is 4.07. The number of hydrogen-bond acceptors (Lipinski definition) is 3. The lowest BCUT2D eigenvalue weighted by Gasteiger charge is -2.40. The van der Waals surface area contributed by atoms with Gasteiger partial charge in [0.25, 0.3) is 0 Å². The number of rotatable bonds is 2. The molecule has 5 atom stereocenters. The highest BCUT2D eigenvalue weighted by Crippen LogP contribution is 2.50. The van der Waals surface area contributed by atoms with Gasteiger partial charge in [0.05, 0.1) is 11.6 Å². The Bertz CT molecular complexity index is 706. The van der Waals surface area contributed by atoms with Crippen LogP contribution in [0.15, 0.2) is 35.9 Å². The molecule has 2 heterocycles. The molecule has 2 aliphatic carbocycles. The van der Waals surface area contributed by atoms with Crippen molar-refractivity contribution in [3.05, 3.63) is 47.3 Å². The minimum absolute atomic E-state index is 0.00217. The number of carbonyl (C=O) groups excluding carboxylic acids is 1. The van der Waals surface area contributed by atoms with Crippen molar-refractivity contribution in [2.45, 2.75) is 45.6 Å². The molecular weight excluding hydrogens is 298 g/mol. The van der Waals surface area contributed by atoms with Crippen LogP contribution in [0.3, 0.4) is 0 Å². The highest BCUT2D eigenvalue weighted by molar-refractivity contribution is 5.78. The van der Waals surface area contributed by atoms with Gasteiger partial charge in [-0.15, -0.1) is 0 Å². The summed E-state index contributed by atoms with van der Waals surface area (Å²) in [5.74, 6) is 1.13. The van der Waals surface area contributed by atoms with Gasteiger partial charge in [0.2, 0.25) is 0 Å². The first-order valence-corrected chi connectivity index (χ1v) is 9.16. The van der Waals surface area contributed by atoms with E-state index >= 15 is 0 Å². The summed E-state index contributed by atoms with van der Waals surface area (Å²) in [6, 6.07) is 6.10. The molecule has 0 aromatic carbocycles. The zero-order valence-electron chi connectivity index (χ0n) is 14.4. The van der Waals surface area contributed by atoms with Crippen LogP contribution >= 0.6 is 0 Å². The van der Waals surface area contributed by atoms with Crippen LogP contribution in [0.5, 0.6) is 0 Å². The molecule has 0 N–H and O–H groups in total. The van der Waals surface area contributed by atoms with Gasteiger partial charge in [-0.2, -0.15) is 0 Å². The normalized spacial score (nSPS) is 35.3. The molecule has 1 aromatic heterocycles. The number of ether oxygens (including phenoxy) is 1. The fraction of sp³-hybridized carbons (Fsp3) is 0.524. The predicted molar refractivity (Wildman–Crippen MR) is 94.1 cm³/mol. The molecule has 126 valence electrons. The molecule has 1 unspecified atom stereocenters. The van der Waals surface area contributed by atoms with Crippen molar-refractivity contribution >= 4 is 12.0 Å². The number of pyridine rings is 1. The van der Waals surface area contributed by atoms with Crippen molar-refractivity contribution in [1.82, 2.24) is 4.98 Å². The Balaban J connectivity index is 1.68. The van der Waals surface area contributed by atoms with Gasteiger partial charge in [-0.3, -0.25) is 9.78 Å². The second-order valence-electron chi connectivity index (χ2n) is 7.48. The average Bonchev–Trinajstić information content (AvgIpc) is 2.86. The Morgan fingerprint density at radius 2 is 2.17 bits per heavy atom. The maximum atomic E-state index is 12.3. The third kappa shape index (κ3) is 2.70. The SMILES string of the molecule is Cc1cccc(C=CC2[C@H]3[C@H](C)OC(=O)[C@H]3C=C3CCCC[C@@H]32)n1. The number of hydrogen-bond donors (Lipinski definition) is 0. The van der Waals surface area contributed by atoms with E-state index in [-0.39, 0.29) is 23.9 Å². The summed E-state index contributed by atoms with van der Waals surface area (Å²) in [6.07, 6.45) is 11.6. The second-order valence-corrected chi connectivity index (χ2v) is 7.48. The highest BCUT2D eigenvalue weighted by atomic mass is 16.6. The van der Waals surface area contributed by atoms with Crippen molar-refractivity contribution in [1.29, 1.82) is 0 Å². The first-order chi connectivity index (χ1) is 11.6. The molecule has 24 heavy (non-hydrogen) atoms. The van der Waals surface area contributed by atoms with Crippen LogP contribution in [-0.2, 0) is 9.53 Å². The van der Waals surface area contributed by atoms with Crippen LogP contribution in [0.4, 0.5) is 0 Å². The molecule has 3 heteroatoms. The number of nitrogens with zero attached hydrogens (tertiary/aromatic N) is 1. The minimum atomic E-state index is -0.0514. The van der Waals surface area contributed by atoms with E-state index in [4.69, 9.17) is 4.74 Å². The molecule has 1 aromatic rings. The van der Waals surface area contributed by atoms with Crippen molar-refractivity contribution < 1.29 is 9.53 Å². The molecular formula is C21H25NO2. The van der Waals surface area contributed by atoms with E-state index in [1.54, 1.807) is 0 Å². The van der Waals surface area contributed by atoms with Crippen molar-refractivity contribution in [3.63, 3.8) is 0 Å². The molecule has 1 aliphatic heterocycles. The number of allylic oxidation sites excluding steroid dienone is 2.